The summed E-state index contributed by atoms with van der Waals surface area (Å²) in [5.41, 5.74) is 1.02. The summed E-state index contributed by atoms with van der Waals surface area (Å²) in [5, 5.41) is 2.60. The first-order chi connectivity index (χ1) is 10.6. The van der Waals surface area contributed by atoms with E-state index in [9.17, 15) is 9.59 Å². The third-order valence-electron chi connectivity index (χ3n) is 3.42. The van der Waals surface area contributed by atoms with Gasteiger partial charge in [-0.25, -0.2) is 4.79 Å². The number of hydrogen-bond acceptors (Lipinski definition) is 4. The van der Waals surface area contributed by atoms with E-state index in [1.165, 1.54) is 4.90 Å². The molecule has 2 rings (SSSR count). The van der Waals surface area contributed by atoms with E-state index in [2.05, 4.69) is 5.32 Å². The summed E-state index contributed by atoms with van der Waals surface area (Å²) < 4.78 is 10.4. The Morgan fingerprint density at radius 1 is 1.18 bits per heavy atom. The minimum Gasteiger partial charge on any atom is -0.493 e. The number of urea groups is 1. The number of hydrogen-bond donors (Lipinski definition) is 1. The SMILES string of the molecule is CCCCN1C(=O)NC(=Cc2ccc(OC)c(OC)c2)C1=O. The highest BCUT2D eigenvalue weighted by Crippen LogP contribution is 2.28. The summed E-state index contributed by atoms with van der Waals surface area (Å²) >= 11 is 0. The van der Waals surface area contributed by atoms with Gasteiger partial charge in [0.2, 0.25) is 0 Å². The van der Waals surface area contributed by atoms with Gasteiger partial charge < -0.3 is 14.8 Å². The zero-order valence-electron chi connectivity index (χ0n) is 13.0. The van der Waals surface area contributed by atoms with Crippen molar-refractivity contribution in [1.29, 1.82) is 0 Å². The lowest BCUT2D eigenvalue weighted by molar-refractivity contribution is -0.122. The Hall–Kier alpha value is -2.50. The Kier molecular flexibility index (Phi) is 5.04. The fourth-order valence-corrected chi connectivity index (χ4v) is 2.20. The number of unbranched alkanes of at least 4 members (excludes halogenated alkanes) is 1. The van der Waals surface area contributed by atoms with Gasteiger partial charge in [0.15, 0.2) is 11.5 Å². The van der Waals surface area contributed by atoms with E-state index in [-0.39, 0.29) is 17.6 Å². The van der Waals surface area contributed by atoms with Crippen LogP contribution in [0.4, 0.5) is 4.79 Å². The molecule has 1 N–H and O–H groups in total. The van der Waals surface area contributed by atoms with E-state index in [4.69, 9.17) is 9.47 Å². The number of imide groups is 1. The first-order valence-electron chi connectivity index (χ1n) is 7.17. The molecule has 1 heterocycles. The zero-order valence-corrected chi connectivity index (χ0v) is 13.0. The molecule has 0 saturated carbocycles. The van der Waals surface area contributed by atoms with Crippen LogP contribution < -0.4 is 14.8 Å². The van der Waals surface area contributed by atoms with Crippen molar-refractivity contribution in [2.45, 2.75) is 19.8 Å². The molecule has 3 amide bonds. The predicted molar refractivity (Wildman–Crippen MR) is 82.7 cm³/mol. The summed E-state index contributed by atoms with van der Waals surface area (Å²) in [7, 11) is 3.10. The van der Waals surface area contributed by atoms with Crippen LogP contribution in [0, 0.1) is 0 Å². The van der Waals surface area contributed by atoms with Crippen molar-refractivity contribution in [2.24, 2.45) is 0 Å². The highest BCUT2D eigenvalue weighted by Gasteiger charge is 2.32. The number of benzene rings is 1. The quantitative estimate of drug-likeness (QED) is 0.647. The molecule has 0 bridgehead atoms. The number of ether oxygens (including phenoxy) is 2. The Morgan fingerprint density at radius 2 is 1.91 bits per heavy atom. The molecular weight excluding hydrogens is 284 g/mol. The van der Waals surface area contributed by atoms with Crippen molar-refractivity contribution in [2.75, 3.05) is 20.8 Å². The maximum absolute atomic E-state index is 12.2. The standard InChI is InChI=1S/C16H20N2O4/c1-4-5-8-18-15(19)12(17-16(18)20)9-11-6-7-13(21-2)14(10-11)22-3/h6-7,9-10H,4-5,8H2,1-3H3,(H,17,20). The summed E-state index contributed by atoms with van der Waals surface area (Å²) in [6.45, 7) is 2.45. The third-order valence-corrected chi connectivity index (χ3v) is 3.42. The maximum Gasteiger partial charge on any atom is 0.329 e. The van der Waals surface area contributed by atoms with Crippen LogP contribution in [0.5, 0.6) is 11.5 Å². The van der Waals surface area contributed by atoms with E-state index in [1.54, 1.807) is 38.5 Å². The first-order valence-corrected chi connectivity index (χ1v) is 7.17. The van der Waals surface area contributed by atoms with Crippen molar-refractivity contribution in [3.05, 3.63) is 29.5 Å². The lowest BCUT2D eigenvalue weighted by Crippen LogP contribution is -2.31. The molecule has 118 valence electrons. The lowest BCUT2D eigenvalue weighted by Gasteiger charge is -2.10. The number of methoxy groups -OCH3 is 2. The fourth-order valence-electron chi connectivity index (χ4n) is 2.20. The number of carbonyl (C=O) groups is 2. The Labute approximate surface area is 129 Å². The highest BCUT2D eigenvalue weighted by atomic mass is 16.5. The summed E-state index contributed by atoms with van der Waals surface area (Å²) in [5.74, 6) is 0.876. The van der Waals surface area contributed by atoms with Gasteiger partial charge in [-0.1, -0.05) is 19.4 Å². The van der Waals surface area contributed by atoms with Crippen molar-refractivity contribution in [1.82, 2.24) is 10.2 Å². The third kappa shape index (κ3) is 3.21. The average molecular weight is 304 g/mol. The molecule has 1 aromatic rings. The molecule has 22 heavy (non-hydrogen) atoms. The zero-order chi connectivity index (χ0) is 16.1. The van der Waals surface area contributed by atoms with Gasteiger partial charge in [-0.3, -0.25) is 9.69 Å². The smallest absolute Gasteiger partial charge is 0.329 e. The van der Waals surface area contributed by atoms with E-state index in [0.29, 0.717) is 18.0 Å². The van der Waals surface area contributed by atoms with Crippen LogP contribution in [0.15, 0.2) is 23.9 Å². The van der Waals surface area contributed by atoms with Gasteiger partial charge in [0.25, 0.3) is 5.91 Å². The highest BCUT2D eigenvalue weighted by molar-refractivity contribution is 6.13. The van der Waals surface area contributed by atoms with E-state index < -0.39 is 0 Å². The lowest BCUT2D eigenvalue weighted by atomic mass is 10.1. The topological polar surface area (TPSA) is 67.9 Å². The van der Waals surface area contributed by atoms with Gasteiger partial charge in [-0.15, -0.1) is 0 Å². The normalized spacial score (nSPS) is 16.1. The molecule has 0 aromatic heterocycles. The van der Waals surface area contributed by atoms with Crippen LogP contribution in [-0.4, -0.2) is 37.6 Å². The van der Waals surface area contributed by atoms with Crippen LogP contribution >= 0.6 is 0 Å². The minimum atomic E-state index is -0.370. The number of amides is 3. The van der Waals surface area contributed by atoms with Crippen molar-refractivity contribution in [3.63, 3.8) is 0 Å². The Balaban J connectivity index is 2.23. The Bertz CT molecular complexity index is 610. The molecule has 1 aromatic carbocycles. The van der Waals surface area contributed by atoms with Gasteiger partial charge in [0, 0.05) is 6.54 Å². The molecule has 0 atom stereocenters. The number of carbonyl (C=O) groups excluding carboxylic acids is 2. The van der Waals surface area contributed by atoms with Crippen LogP contribution in [0.3, 0.4) is 0 Å². The Morgan fingerprint density at radius 3 is 2.55 bits per heavy atom. The van der Waals surface area contributed by atoms with Crippen molar-refractivity contribution >= 4 is 18.0 Å². The average Bonchev–Trinajstić information content (AvgIpc) is 2.79. The number of nitrogens with zero attached hydrogens (tertiary/aromatic N) is 1. The van der Waals surface area contributed by atoms with Crippen molar-refractivity contribution in [3.8, 4) is 11.5 Å². The molecular formula is C16H20N2O4. The molecule has 0 aliphatic carbocycles. The van der Waals surface area contributed by atoms with Crippen LogP contribution in [0.25, 0.3) is 6.08 Å². The second kappa shape index (κ2) is 6.98. The van der Waals surface area contributed by atoms with Crippen LogP contribution in [-0.2, 0) is 4.79 Å². The molecule has 1 aliphatic rings. The number of rotatable bonds is 6. The van der Waals surface area contributed by atoms with E-state index in [0.717, 1.165) is 18.4 Å². The molecule has 1 saturated heterocycles. The summed E-state index contributed by atoms with van der Waals surface area (Å²) in [6.07, 6.45) is 3.35. The van der Waals surface area contributed by atoms with E-state index in [1.807, 2.05) is 6.92 Å². The molecule has 0 radical (unpaired) electrons. The minimum absolute atomic E-state index is 0.272. The van der Waals surface area contributed by atoms with Crippen LogP contribution in [0.1, 0.15) is 25.3 Å². The number of nitrogens with one attached hydrogen (secondary N) is 1. The van der Waals surface area contributed by atoms with Crippen LogP contribution in [0.2, 0.25) is 0 Å². The summed E-state index contributed by atoms with van der Waals surface area (Å²) in [4.78, 5) is 25.3. The van der Waals surface area contributed by atoms with Gasteiger partial charge in [0.05, 0.1) is 14.2 Å². The second-order valence-corrected chi connectivity index (χ2v) is 4.91. The second-order valence-electron chi connectivity index (χ2n) is 4.91. The predicted octanol–water partition coefficient (Wildman–Crippen LogP) is 2.40. The van der Waals surface area contributed by atoms with Gasteiger partial charge >= 0.3 is 6.03 Å². The van der Waals surface area contributed by atoms with Gasteiger partial charge in [0.1, 0.15) is 5.70 Å². The molecule has 1 fully saturated rings. The molecule has 1 aliphatic heterocycles. The summed E-state index contributed by atoms with van der Waals surface area (Å²) in [6, 6.07) is 4.93. The molecule has 6 heteroatoms. The van der Waals surface area contributed by atoms with Gasteiger partial charge in [-0.05, 0) is 30.2 Å². The monoisotopic (exact) mass is 304 g/mol. The first kappa shape index (κ1) is 15.9. The van der Waals surface area contributed by atoms with Gasteiger partial charge in [-0.2, -0.15) is 0 Å². The molecule has 6 nitrogen and oxygen atoms in total. The molecule has 0 unspecified atom stereocenters. The fraction of sp³-hybridized carbons (Fsp3) is 0.375. The largest absolute Gasteiger partial charge is 0.493 e. The van der Waals surface area contributed by atoms with E-state index >= 15 is 0 Å². The van der Waals surface area contributed by atoms with Crippen molar-refractivity contribution < 1.29 is 19.1 Å². The molecule has 0 spiro atoms. The maximum atomic E-state index is 12.2.